The van der Waals surface area contributed by atoms with Crippen LogP contribution in [-0.4, -0.2) is 157 Å². The molecule has 8 aliphatic rings. The minimum atomic E-state index is -0.576. The van der Waals surface area contributed by atoms with Gasteiger partial charge in [-0.15, -0.1) is 0 Å². The predicted octanol–water partition coefficient (Wildman–Crippen LogP) is 7.69. The van der Waals surface area contributed by atoms with E-state index in [1.807, 2.05) is 18.2 Å². The Bertz CT molecular complexity index is 2580. The van der Waals surface area contributed by atoms with E-state index in [4.69, 9.17) is 0 Å². The third-order valence-electron chi connectivity index (χ3n) is 19.1. The second-order valence-electron chi connectivity index (χ2n) is 23.2. The predicted molar refractivity (Wildman–Crippen MR) is 288 cm³/mol. The molecule has 5 atom stereocenters. The lowest BCUT2D eigenvalue weighted by Crippen LogP contribution is -2.55. The number of phenols is 1. The molecule has 3 unspecified atom stereocenters. The van der Waals surface area contributed by atoms with E-state index in [0.717, 1.165) is 69.3 Å². The summed E-state index contributed by atoms with van der Waals surface area (Å²) in [5, 5.41) is 12.7. The first kappa shape index (κ1) is 48.7. The van der Waals surface area contributed by atoms with Crippen molar-refractivity contribution >= 4 is 29.1 Å². The summed E-state index contributed by atoms with van der Waals surface area (Å²) in [6, 6.07) is 33.5. The van der Waals surface area contributed by atoms with Crippen LogP contribution in [0.25, 0.3) is 0 Å². The molecule has 12 rings (SSSR count). The lowest BCUT2D eigenvalue weighted by Gasteiger charge is -2.46. The van der Waals surface area contributed by atoms with Crippen LogP contribution in [0.4, 0.5) is 11.4 Å². The molecule has 386 valence electrons. The Kier molecular flexibility index (Phi) is 14.3. The van der Waals surface area contributed by atoms with Crippen LogP contribution in [0.5, 0.6) is 5.75 Å². The zero-order valence-corrected chi connectivity index (χ0v) is 43.1. The molecule has 0 spiro atoms. The number of carbonyl (C=O) groups is 3. The van der Waals surface area contributed by atoms with Gasteiger partial charge in [-0.2, -0.15) is 0 Å². The maximum absolute atomic E-state index is 13.3. The van der Waals surface area contributed by atoms with Gasteiger partial charge in [0.05, 0.1) is 0 Å². The number of rotatable bonds is 11. The highest BCUT2D eigenvalue weighted by atomic mass is 16.3. The van der Waals surface area contributed by atoms with E-state index in [0.29, 0.717) is 42.3 Å². The van der Waals surface area contributed by atoms with Gasteiger partial charge in [0.15, 0.2) is 0 Å². The fourth-order valence-electron chi connectivity index (χ4n) is 15.0. The number of piperidine rings is 3. The molecule has 1 saturated carbocycles. The van der Waals surface area contributed by atoms with E-state index in [9.17, 15) is 19.5 Å². The topological polar surface area (TPSA) is 106 Å². The van der Waals surface area contributed by atoms with Gasteiger partial charge in [-0.05, 0) is 146 Å². The number of hydrogen-bond donors (Lipinski definition) is 2. The second kappa shape index (κ2) is 21.5. The number of carbonyl (C=O) groups excluding carboxylic acids is 3. The Morgan fingerprint density at radius 3 is 1.75 bits per heavy atom. The standard InChI is InChI=1S/C61H78N8O4/c70-53-16-19-55-45(39-53)12-17-54(43-6-2-1-3-7-43)59(55)44-10-13-49(14-11-44)65-26-22-50(23-27-65)67-34-30-63(31-35-67)40-46-8-4-5-9-47(46)41-64-32-36-68(37-33-64)51-24-28-66(29-25-51)52-15-18-56-48(38-52)42-69(61(56)73)57-20-21-58(71)62-60(57)72/h1-3,6-7,10-11,13-16,18-19,38-39,46-47,50-51,54,57,59,70H,4-5,8-9,12,17,20-37,40-42H2,(H,62,71,72)/t46-,47-,54?,57?,59?/m1/s1. The number of aryl methyl sites for hydroxylation is 1. The highest BCUT2D eigenvalue weighted by Crippen LogP contribution is 2.47. The Morgan fingerprint density at radius 1 is 0.534 bits per heavy atom. The van der Waals surface area contributed by atoms with Crippen molar-refractivity contribution in [3.05, 3.63) is 124 Å². The zero-order chi connectivity index (χ0) is 49.4. The van der Waals surface area contributed by atoms with Gasteiger partial charge in [-0.25, -0.2) is 0 Å². The molecule has 0 aromatic heterocycles. The van der Waals surface area contributed by atoms with Crippen LogP contribution in [0.2, 0.25) is 0 Å². The molecule has 3 amide bonds. The Hall–Kier alpha value is -5.27. The second-order valence-corrected chi connectivity index (χ2v) is 23.2. The fraction of sp³-hybridized carbons (Fsp3) is 0.557. The molecule has 2 N–H and O–H groups in total. The van der Waals surface area contributed by atoms with Gasteiger partial charge in [0, 0.05) is 140 Å². The molecule has 6 aliphatic heterocycles. The molecular formula is C61H78N8O4. The first-order chi connectivity index (χ1) is 35.8. The molecule has 5 saturated heterocycles. The summed E-state index contributed by atoms with van der Waals surface area (Å²) in [6.07, 6.45) is 13.1. The molecule has 4 aromatic carbocycles. The molecular weight excluding hydrogens is 909 g/mol. The average molecular weight is 987 g/mol. The van der Waals surface area contributed by atoms with Crippen LogP contribution < -0.4 is 15.1 Å². The number of piperazine rings is 2. The number of anilines is 2. The molecule has 0 radical (unpaired) electrons. The lowest BCUT2D eigenvalue weighted by atomic mass is 9.69. The van der Waals surface area contributed by atoms with Gasteiger partial charge in [0.25, 0.3) is 5.91 Å². The normalized spacial score (nSPS) is 27.5. The van der Waals surface area contributed by atoms with Crippen molar-refractivity contribution in [3.8, 4) is 5.75 Å². The largest absolute Gasteiger partial charge is 0.508 e. The highest BCUT2D eigenvalue weighted by molar-refractivity contribution is 6.05. The smallest absolute Gasteiger partial charge is 0.255 e. The van der Waals surface area contributed by atoms with Gasteiger partial charge < -0.3 is 29.6 Å². The highest BCUT2D eigenvalue weighted by Gasteiger charge is 2.40. The Balaban J connectivity index is 0.571. The number of phenolic OH excluding ortho intramolecular Hbond substituents is 1. The lowest BCUT2D eigenvalue weighted by molar-refractivity contribution is -0.136. The van der Waals surface area contributed by atoms with Gasteiger partial charge in [-0.3, -0.25) is 29.5 Å². The van der Waals surface area contributed by atoms with Crippen LogP contribution in [0.1, 0.15) is 121 Å². The number of nitrogens with one attached hydrogen (secondary N) is 1. The third-order valence-corrected chi connectivity index (χ3v) is 19.1. The SMILES string of the molecule is O=C1CCC(N2Cc3cc(N4CCC(N5CCN(C[C@H]6CCCC[C@@H]6CN6CCN(C7CCN(c8ccc(C9c%10ccc(O)cc%10CCC9c9ccccc9)cc8)CC7)CC6)CC5)CC4)ccc3C2=O)C(=O)N1. The molecule has 6 heterocycles. The maximum Gasteiger partial charge on any atom is 0.255 e. The Morgan fingerprint density at radius 2 is 1.14 bits per heavy atom. The summed E-state index contributed by atoms with van der Waals surface area (Å²) in [5.41, 5.74) is 9.62. The fourth-order valence-corrected chi connectivity index (χ4v) is 15.0. The van der Waals surface area contributed by atoms with Crippen molar-refractivity contribution in [2.24, 2.45) is 11.8 Å². The van der Waals surface area contributed by atoms with Gasteiger partial charge >= 0.3 is 0 Å². The Labute approximate surface area is 433 Å². The van der Waals surface area contributed by atoms with E-state index < -0.39 is 6.04 Å². The quantitative estimate of drug-likeness (QED) is 0.146. The van der Waals surface area contributed by atoms with Crippen molar-refractivity contribution in [3.63, 3.8) is 0 Å². The summed E-state index contributed by atoms with van der Waals surface area (Å²) < 4.78 is 0. The van der Waals surface area contributed by atoms with E-state index in [1.54, 1.807) is 4.90 Å². The average Bonchev–Trinajstić information content (AvgIpc) is 3.76. The van der Waals surface area contributed by atoms with E-state index in [2.05, 4.69) is 108 Å². The van der Waals surface area contributed by atoms with Crippen molar-refractivity contribution in [1.82, 2.24) is 29.8 Å². The summed E-state index contributed by atoms with van der Waals surface area (Å²) in [4.78, 5) is 55.5. The van der Waals surface area contributed by atoms with Gasteiger partial charge in [0.1, 0.15) is 11.8 Å². The van der Waals surface area contributed by atoms with Crippen LogP contribution >= 0.6 is 0 Å². The first-order valence-corrected chi connectivity index (χ1v) is 28.4. The summed E-state index contributed by atoms with van der Waals surface area (Å²) >= 11 is 0. The van der Waals surface area contributed by atoms with Gasteiger partial charge in [-0.1, -0.05) is 61.4 Å². The number of benzene rings is 4. The number of hydrogen-bond acceptors (Lipinski definition) is 10. The molecule has 6 fully saturated rings. The summed E-state index contributed by atoms with van der Waals surface area (Å²) in [7, 11) is 0. The number of amides is 3. The molecule has 12 nitrogen and oxygen atoms in total. The molecule has 0 bridgehead atoms. The van der Waals surface area contributed by atoms with Crippen LogP contribution in [0.3, 0.4) is 0 Å². The van der Waals surface area contributed by atoms with Crippen molar-refractivity contribution in [2.45, 2.75) is 114 Å². The number of nitrogens with zero attached hydrogens (tertiary/aromatic N) is 7. The summed E-state index contributed by atoms with van der Waals surface area (Å²) in [6.45, 7) is 16.8. The molecule has 4 aromatic rings. The molecule has 2 aliphatic carbocycles. The van der Waals surface area contributed by atoms with Crippen LogP contribution in [0, 0.1) is 11.8 Å². The van der Waals surface area contributed by atoms with Crippen LogP contribution in [0.15, 0.2) is 91.0 Å². The maximum atomic E-state index is 13.3. The van der Waals surface area contributed by atoms with E-state index in [-0.39, 0.29) is 30.1 Å². The zero-order valence-electron chi connectivity index (χ0n) is 43.1. The van der Waals surface area contributed by atoms with Crippen LogP contribution in [-0.2, 0) is 22.6 Å². The van der Waals surface area contributed by atoms with Crippen molar-refractivity contribution in [1.29, 1.82) is 0 Å². The van der Waals surface area contributed by atoms with Gasteiger partial charge in [0.2, 0.25) is 11.8 Å². The molecule has 73 heavy (non-hydrogen) atoms. The first-order valence-electron chi connectivity index (χ1n) is 28.4. The third kappa shape index (κ3) is 10.4. The summed E-state index contributed by atoms with van der Waals surface area (Å²) in [5.74, 6) is 2.00. The number of aromatic hydroxyl groups is 1. The minimum Gasteiger partial charge on any atom is -0.508 e. The number of imide groups is 1. The minimum absolute atomic E-state index is 0.104. The number of fused-ring (bicyclic) bond motifs is 2. The van der Waals surface area contributed by atoms with Crippen molar-refractivity contribution in [2.75, 3.05) is 101 Å². The van der Waals surface area contributed by atoms with Crippen molar-refractivity contribution < 1.29 is 19.5 Å². The van der Waals surface area contributed by atoms with E-state index in [1.165, 1.54) is 138 Å². The molecule has 12 heteroatoms. The monoisotopic (exact) mass is 987 g/mol. The van der Waals surface area contributed by atoms with E-state index >= 15 is 0 Å².